The predicted molar refractivity (Wildman–Crippen MR) is 89.4 cm³/mol. The molecule has 0 aliphatic carbocycles. The zero-order chi connectivity index (χ0) is 16.0. The second-order valence-electron chi connectivity index (χ2n) is 6.03. The maximum Gasteiger partial charge on any atom is 0.245 e. The molecule has 122 valence electrons. The summed E-state index contributed by atoms with van der Waals surface area (Å²) >= 11 is 1.84. The molecule has 1 N–H and O–H groups in total. The van der Waals surface area contributed by atoms with Crippen LogP contribution in [0.3, 0.4) is 0 Å². The quantitative estimate of drug-likeness (QED) is 0.786. The van der Waals surface area contributed by atoms with Crippen LogP contribution in [-0.4, -0.2) is 46.8 Å². The monoisotopic (exact) mass is 314 g/mol. The Kier molecular flexibility index (Phi) is 7.04. The second-order valence-corrected chi connectivity index (χ2v) is 7.31. The van der Waals surface area contributed by atoms with Gasteiger partial charge in [-0.1, -0.05) is 34.1 Å². The van der Waals surface area contributed by atoms with Crippen LogP contribution in [-0.2, 0) is 9.59 Å². The molecule has 0 bridgehead atoms. The zero-order valence-electron chi connectivity index (χ0n) is 14.1. The van der Waals surface area contributed by atoms with Crippen molar-refractivity contribution in [3.05, 3.63) is 0 Å². The Balaban J connectivity index is 2.94. The van der Waals surface area contributed by atoms with E-state index in [1.807, 2.05) is 23.6 Å². The average molecular weight is 314 g/mol. The van der Waals surface area contributed by atoms with Crippen molar-refractivity contribution in [3.8, 4) is 0 Å². The van der Waals surface area contributed by atoms with Gasteiger partial charge in [0.25, 0.3) is 0 Å². The highest BCUT2D eigenvalue weighted by Gasteiger charge is 2.37. The van der Waals surface area contributed by atoms with E-state index in [1.165, 1.54) is 0 Å². The molecule has 0 spiro atoms. The van der Waals surface area contributed by atoms with Crippen LogP contribution < -0.4 is 5.32 Å². The summed E-state index contributed by atoms with van der Waals surface area (Å²) in [5.41, 5.74) is 0. The van der Waals surface area contributed by atoms with E-state index in [-0.39, 0.29) is 28.5 Å². The fourth-order valence-electron chi connectivity index (χ4n) is 2.80. The fourth-order valence-corrected chi connectivity index (χ4v) is 3.67. The van der Waals surface area contributed by atoms with Gasteiger partial charge in [0.2, 0.25) is 11.8 Å². The van der Waals surface area contributed by atoms with Gasteiger partial charge in [-0.15, -0.1) is 0 Å². The Morgan fingerprint density at radius 3 is 2.43 bits per heavy atom. The number of rotatable bonds is 7. The fraction of sp³-hybridized carbons (Fsp3) is 0.875. The molecule has 2 amide bonds. The average Bonchev–Trinajstić information content (AvgIpc) is 2.64. The van der Waals surface area contributed by atoms with Crippen LogP contribution in [0.5, 0.6) is 0 Å². The SMILES string of the molecule is CCC(C)C1NC(=O)CCN(CC(CC)(CC)SC)C1=O. The summed E-state index contributed by atoms with van der Waals surface area (Å²) in [5, 5.41) is 2.91. The maximum atomic E-state index is 12.8. The molecule has 1 aliphatic rings. The van der Waals surface area contributed by atoms with E-state index in [9.17, 15) is 9.59 Å². The van der Waals surface area contributed by atoms with Crippen molar-refractivity contribution in [2.75, 3.05) is 19.3 Å². The lowest BCUT2D eigenvalue weighted by Crippen LogP contribution is -2.51. The Morgan fingerprint density at radius 2 is 1.95 bits per heavy atom. The van der Waals surface area contributed by atoms with Crippen LogP contribution in [0.4, 0.5) is 0 Å². The summed E-state index contributed by atoms with van der Waals surface area (Å²) in [7, 11) is 0. The molecular weight excluding hydrogens is 284 g/mol. The molecule has 0 aromatic heterocycles. The molecule has 1 fully saturated rings. The van der Waals surface area contributed by atoms with Gasteiger partial charge in [0.15, 0.2) is 0 Å². The van der Waals surface area contributed by atoms with Crippen molar-refractivity contribution in [1.29, 1.82) is 0 Å². The smallest absolute Gasteiger partial charge is 0.245 e. The minimum Gasteiger partial charge on any atom is -0.344 e. The van der Waals surface area contributed by atoms with Crippen molar-refractivity contribution < 1.29 is 9.59 Å². The molecule has 0 aromatic rings. The first-order chi connectivity index (χ1) is 9.92. The zero-order valence-corrected chi connectivity index (χ0v) is 14.9. The molecule has 0 radical (unpaired) electrons. The predicted octanol–water partition coefficient (Wildman–Crippen LogP) is 2.67. The molecule has 1 aliphatic heterocycles. The van der Waals surface area contributed by atoms with Crippen molar-refractivity contribution >= 4 is 23.6 Å². The van der Waals surface area contributed by atoms with E-state index < -0.39 is 0 Å². The van der Waals surface area contributed by atoms with Gasteiger partial charge in [0.1, 0.15) is 6.04 Å². The van der Waals surface area contributed by atoms with Crippen LogP contribution in [0.1, 0.15) is 53.4 Å². The molecule has 0 aromatic carbocycles. The minimum atomic E-state index is -0.363. The normalized spacial score (nSPS) is 22.0. The number of nitrogens with zero attached hydrogens (tertiary/aromatic N) is 1. The third kappa shape index (κ3) is 4.38. The number of thioether (sulfide) groups is 1. The van der Waals surface area contributed by atoms with Gasteiger partial charge in [-0.25, -0.2) is 0 Å². The Hall–Kier alpha value is -0.710. The van der Waals surface area contributed by atoms with Gasteiger partial charge in [0.05, 0.1) is 0 Å². The van der Waals surface area contributed by atoms with Gasteiger partial charge >= 0.3 is 0 Å². The second kappa shape index (κ2) is 8.06. The molecule has 21 heavy (non-hydrogen) atoms. The lowest BCUT2D eigenvalue weighted by molar-refractivity contribution is -0.135. The summed E-state index contributed by atoms with van der Waals surface area (Å²) in [6, 6.07) is -0.363. The topological polar surface area (TPSA) is 49.4 Å². The van der Waals surface area contributed by atoms with Crippen molar-refractivity contribution in [3.63, 3.8) is 0 Å². The van der Waals surface area contributed by atoms with Gasteiger partial charge in [0, 0.05) is 24.3 Å². The maximum absolute atomic E-state index is 12.8. The van der Waals surface area contributed by atoms with Crippen molar-refractivity contribution in [2.24, 2.45) is 5.92 Å². The van der Waals surface area contributed by atoms with Crippen LogP contribution in [0.15, 0.2) is 0 Å². The Bertz CT molecular complexity index is 361. The highest BCUT2D eigenvalue weighted by molar-refractivity contribution is 8.00. The number of hydrogen-bond acceptors (Lipinski definition) is 3. The molecule has 2 atom stereocenters. The first-order valence-corrected chi connectivity index (χ1v) is 9.28. The van der Waals surface area contributed by atoms with Crippen molar-refractivity contribution in [1.82, 2.24) is 10.2 Å². The van der Waals surface area contributed by atoms with Gasteiger partial charge in [-0.3, -0.25) is 9.59 Å². The molecule has 2 unspecified atom stereocenters. The molecule has 0 saturated carbocycles. The molecule has 5 heteroatoms. The summed E-state index contributed by atoms with van der Waals surface area (Å²) in [6.07, 6.45) is 5.48. The number of hydrogen-bond donors (Lipinski definition) is 1. The first-order valence-electron chi connectivity index (χ1n) is 8.06. The number of nitrogens with one attached hydrogen (secondary N) is 1. The molecular formula is C16H30N2O2S. The highest BCUT2D eigenvalue weighted by atomic mass is 32.2. The number of carbonyl (C=O) groups excluding carboxylic acids is 2. The third-order valence-electron chi connectivity index (χ3n) is 4.92. The molecule has 1 heterocycles. The van der Waals surface area contributed by atoms with Crippen LogP contribution >= 0.6 is 11.8 Å². The summed E-state index contributed by atoms with van der Waals surface area (Å²) in [6.45, 7) is 9.73. The van der Waals surface area contributed by atoms with E-state index in [0.717, 1.165) is 25.8 Å². The summed E-state index contributed by atoms with van der Waals surface area (Å²) in [5.74, 6) is 0.267. The largest absolute Gasteiger partial charge is 0.344 e. The molecule has 1 saturated heterocycles. The van der Waals surface area contributed by atoms with E-state index >= 15 is 0 Å². The van der Waals surface area contributed by atoms with Crippen LogP contribution in [0, 0.1) is 5.92 Å². The van der Waals surface area contributed by atoms with E-state index in [1.54, 1.807) is 0 Å². The summed E-state index contributed by atoms with van der Waals surface area (Å²) in [4.78, 5) is 26.6. The lowest BCUT2D eigenvalue weighted by atomic mass is 9.96. The highest BCUT2D eigenvalue weighted by Crippen LogP contribution is 2.32. The minimum absolute atomic E-state index is 0.00102. The van der Waals surface area contributed by atoms with Crippen LogP contribution in [0.2, 0.25) is 0 Å². The van der Waals surface area contributed by atoms with Crippen molar-refractivity contribution in [2.45, 2.75) is 64.2 Å². The number of carbonyl (C=O) groups is 2. The molecule has 1 rings (SSSR count). The number of amides is 2. The van der Waals surface area contributed by atoms with E-state index in [4.69, 9.17) is 0 Å². The third-order valence-corrected chi connectivity index (χ3v) is 6.49. The van der Waals surface area contributed by atoms with E-state index in [0.29, 0.717) is 13.0 Å². The first kappa shape index (κ1) is 18.3. The van der Waals surface area contributed by atoms with Crippen LogP contribution in [0.25, 0.3) is 0 Å². The van der Waals surface area contributed by atoms with Gasteiger partial charge in [-0.2, -0.15) is 11.8 Å². The Morgan fingerprint density at radius 1 is 1.33 bits per heavy atom. The summed E-state index contributed by atoms with van der Waals surface area (Å²) < 4.78 is 0.100. The van der Waals surface area contributed by atoms with Gasteiger partial charge < -0.3 is 10.2 Å². The Labute approximate surface area is 133 Å². The lowest BCUT2D eigenvalue weighted by Gasteiger charge is -2.37. The van der Waals surface area contributed by atoms with Gasteiger partial charge in [-0.05, 0) is 25.0 Å². The molecule has 4 nitrogen and oxygen atoms in total. The van der Waals surface area contributed by atoms with E-state index in [2.05, 4.69) is 32.3 Å². The standard InChI is InChI=1S/C16H30N2O2S/c1-6-12(4)14-15(20)18(10-9-13(19)17-14)11-16(7-2,8-3)21-5/h12,14H,6-11H2,1-5H3,(H,17,19).